The summed E-state index contributed by atoms with van der Waals surface area (Å²) in [5.41, 5.74) is 3.18. The minimum absolute atomic E-state index is 1.14. The fourth-order valence-electron chi connectivity index (χ4n) is 1.75. The first kappa shape index (κ1) is 14.5. The molecule has 0 heterocycles. The Hall–Kier alpha value is -0.520. The van der Waals surface area contributed by atoms with Crippen LogP contribution in [0.15, 0.2) is 23.3 Å². The van der Waals surface area contributed by atoms with Gasteiger partial charge in [-0.25, -0.2) is 0 Å². The molecule has 0 atom stereocenters. The Morgan fingerprint density at radius 3 is 2.20 bits per heavy atom. The smallest absolute Gasteiger partial charge is 0.0164 e. The van der Waals surface area contributed by atoms with Gasteiger partial charge in [0.2, 0.25) is 0 Å². The van der Waals surface area contributed by atoms with Gasteiger partial charge in [0.05, 0.1) is 0 Å². The van der Waals surface area contributed by atoms with Gasteiger partial charge in [-0.3, -0.25) is 0 Å². The topological polar surface area (TPSA) is 0 Å². The molecular weight excluding hydrogens is 180 g/mol. The Labute approximate surface area is 96.5 Å². The summed E-state index contributed by atoms with van der Waals surface area (Å²) in [4.78, 5) is 0. The lowest BCUT2D eigenvalue weighted by Crippen LogP contribution is -1.82. The molecule has 0 saturated carbocycles. The minimum atomic E-state index is 1.14. The van der Waals surface area contributed by atoms with Crippen LogP contribution < -0.4 is 0 Å². The van der Waals surface area contributed by atoms with Gasteiger partial charge in [-0.15, -0.1) is 0 Å². The lowest BCUT2D eigenvalue weighted by molar-refractivity contribution is 0.763. The van der Waals surface area contributed by atoms with E-state index in [1.54, 1.807) is 11.1 Å². The van der Waals surface area contributed by atoms with Crippen molar-refractivity contribution in [1.29, 1.82) is 0 Å². The van der Waals surface area contributed by atoms with E-state index in [0.717, 1.165) is 6.42 Å². The maximum Gasteiger partial charge on any atom is -0.0164 e. The van der Waals surface area contributed by atoms with Gasteiger partial charge in [0, 0.05) is 0 Å². The van der Waals surface area contributed by atoms with Crippen molar-refractivity contribution in [2.75, 3.05) is 0 Å². The Bertz CT molecular complexity index is 196. The van der Waals surface area contributed by atoms with Crippen LogP contribution in [-0.2, 0) is 0 Å². The highest BCUT2D eigenvalue weighted by Gasteiger charge is 1.93. The second-order valence-electron chi connectivity index (χ2n) is 4.36. The van der Waals surface area contributed by atoms with Gasteiger partial charge in [0.15, 0.2) is 0 Å². The summed E-state index contributed by atoms with van der Waals surface area (Å²) in [5, 5.41) is 0. The Morgan fingerprint density at radius 1 is 0.933 bits per heavy atom. The monoisotopic (exact) mass is 208 g/mol. The number of hydrogen-bond donors (Lipinski definition) is 0. The molecule has 0 nitrogen and oxygen atoms in total. The van der Waals surface area contributed by atoms with E-state index in [1.165, 1.54) is 38.5 Å². The number of allylic oxidation sites excluding steroid dienone is 4. The van der Waals surface area contributed by atoms with E-state index in [0.29, 0.717) is 0 Å². The molecule has 0 aromatic carbocycles. The molecule has 0 radical (unpaired) electrons. The van der Waals surface area contributed by atoms with Crippen LogP contribution in [0.3, 0.4) is 0 Å². The molecule has 0 aliphatic heterocycles. The predicted octanol–water partition coefficient (Wildman–Crippen LogP) is 5.65. The van der Waals surface area contributed by atoms with Gasteiger partial charge in [-0.2, -0.15) is 0 Å². The van der Waals surface area contributed by atoms with Crippen molar-refractivity contribution in [2.24, 2.45) is 0 Å². The van der Waals surface area contributed by atoms with Crippen LogP contribution in [0.1, 0.15) is 72.6 Å². The molecule has 0 rings (SSSR count). The normalized spacial score (nSPS) is 13.3. The van der Waals surface area contributed by atoms with Crippen LogP contribution in [0, 0.1) is 0 Å². The van der Waals surface area contributed by atoms with Gasteiger partial charge in [-0.05, 0) is 39.0 Å². The molecule has 0 amide bonds. The first-order chi connectivity index (χ1) is 7.24. The highest BCUT2D eigenvalue weighted by atomic mass is 14.0. The quantitative estimate of drug-likeness (QED) is 0.452. The highest BCUT2D eigenvalue weighted by Crippen LogP contribution is 2.13. The Kier molecular flexibility index (Phi) is 9.67. The van der Waals surface area contributed by atoms with Crippen molar-refractivity contribution < 1.29 is 0 Å². The second kappa shape index (κ2) is 10.0. The van der Waals surface area contributed by atoms with Crippen LogP contribution in [0.5, 0.6) is 0 Å². The number of rotatable bonds is 8. The number of unbranched alkanes of at least 4 members (excludes halogenated alkanes) is 1. The SMILES string of the molecule is CCCCC(=CCC=C(C)CCC)CC. The van der Waals surface area contributed by atoms with Crippen LogP contribution in [-0.4, -0.2) is 0 Å². The van der Waals surface area contributed by atoms with E-state index in [9.17, 15) is 0 Å². The summed E-state index contributed by atoms with van der Waals surface area (Å²) in [6.45, 7) is 9.02. The second-order valence-corrected chi connectivity index (χ2v) is 4.36. The van der Waals surface area contributed by atoms with E-state index < -0.39 is 0 Å². The molecule has 0 heteroatoms. The molecule has 0 aromatic heterocycles. The molecule has 15 heavy (non-hydrogen) atoms. The molecule has 0 saturated heterocycles. The van der Waals surface area contributed by atoms with Gasteiger partial charge < -0.3 is 0 Å². The molecule has 0 aliphatic carbocycles. The highest BCUT2D eigenvalue weighted by molar-refractivity contribution is 5.07. The largest absolute Gasteiger partial charge is 0.0818 e. The lowest BCUT2D eigenvalue weighted by Gasteiger charge is -2.02. The molecule has 0 fully saturated rings. The van der Waals surface area contributed by atoms with Crippen molar-refractivity contribution in [2.45, 2.75) is 72.6 Å². The maximum absolute atomic E-state index is 2.43. The van der Waals surface area contributed by atoms with E-state index in [1.807, 2.05) is 0 Å². The third-order valence-corrected chi connectivity index (χ3v) is 2.82. The fourth-order valence-corrected chi connectivity index (χ4v) is 1.75. The summed E-state index contributed by atoms with van der Waals surface area (Å²) >= 11 is 0. The summed E-state index contributed by atoms with van der Waals surface area (Å²) in [7, 11) is 0. The first-order valence-corrected chi connectivity index (χ1v) is 6.58. The van der Waals surface area contributed by atoms with Crippen molar-refractivity contribution in [3.05, 3.63) is 23.3 Å². The predicted molar refractivity (Wildman–Crippen MR) is 71.2 cm³/mol. The van der Waals surface area contributed by atoms with Crippen molar-refractivity contribution >= 4 is 0 Å². The van der Waals surface area contributed by atoms with Gasteiger partial charge in [0.1, 0.15) is 0 Å². The number of hydrogen-bond acceptors (Lipinski definition) is 0. The maximum atomic E-state index is 2.43. The third-order valence-electron chi connectivity index (χ3n) is 2.82. The molecule has 0 bridgehead atoms. The standard InChI is InChI=1S/C15H28/c1-5-8-12-15(7-3)13-9-11-14(4)10-6-2/h11,13H,5-10,12H2,1-4H3. The molecule has 88 valence electrons. The first-order valence-electron chi connectivity index (χ1n) is 6.58. The van der Waals surface area contributed by atoms with Crippen LogP contribution in [0.4, 0.5) is 0 Å². The van der Waals surface area contributed by atoms with E-state index in [-0.39, 0.29) is 0 Å². The van der Waals surface area contributed by atoms with Crippen LogP contribution in [0.25, 0.3) is 0 Å². The lowest BCUT2D eigenvalue weighted by atomic mass is 10.0. The van der Waals surface area contributed by atoms with E-state index >= 15 is 0 Å². The summed E-state index contributed by atoms with van der Waals surface area (Å²) in [6.07, 6.45) is 13.6. The third kappa shape index (κ3) is 8.47. The molecule has 0 aromatic rings. The van der Waals surface area contributed by atoms with E-state index in [2.05, 4.69) is 39.8 Å². The van der Waals surface area contributed by atoms with Crippen LogP contribution in [0.2, 0.25) is 0 Å². The molecular formula is C15H28. The summed E-state index contributed by atoms with van der Waals surface area (Å²) < 4.78 is 0. The van der Waals surface area contributed by atoms with Crippen molar-refractivity contribution in [1.82, 2.24) is 0 Å². The zero-order valence-corrected chi connectivity index (χ0v) is 11.1. The molecule has 0 N–H and O–H groups in total. The van der Waals surface area contributed by atoms with E-state index in [4.69, 9.17) is 0 Å². The average molecular weight is 208 g/mol. The minimum Gasteiger partial charge on any atom is -0.0818 e. The molecule has 0 unspecified atom stereocenters. The summed E-state index contributed by atoms with van der Waals surface area (Å²) in [5.74, 6) is 0. The fraction of sp³-hybridized carbons (Fsp3) is 0.733. The van der Waals surface area contributed by atoms with Gasteiger partial charge in [0.25, 0.3) is 0 Å². The Morgan fingerprint density at radius 2 is 1.67 bits per heavy atom. The zero-order valence-electron chi connectivity index (χ0n) is 11.1. The van der Waals surface area contributed by atoms with Crippen LogP contribution >= 0.6 is 0 Å². The molecule has 0 spiro atoms. The van der Waals surface area contributed by atoms with Crippen molar-refractivity contribution in [3.8, 4) is 0 Å². The average Bonchev–Trinajstić information content (AvgIpc) is 2.23. The van der Waals surface area contributed by atoms with Crippen molar-refractivity contribution in [3.63, 3.8) is 0 Å². The van der Waals surface area contributed by atoms with Gasteiger partial charge >= 0.3 is 0 Å². The zero-order chi connectivity index (χ0) is 11.5. The van der Waals surface area contributed by atoms with Gasteiger partial charge in [-0.1, -0.05) is 56.9 Å². The Balaban J connectivity index is 3.93. The molecule has 0 aliphatic rings. The summed E-state index contributed by atoms with van der Waals surface area (Å²) in [6, 6.07) is 0.